The lowest BCUT2D eigenvalue weighted by molar-refractivity contribution is -0.132. The van der Waals surface area contributed by atoms with Gasteiger partial charge in [0.2, 0.25) is 11.8 Å². The number of hydrogen-bond donors (Lipinski definition) is 2. The van der Waals surface area contributed by atoms with Crippen LogP contribution in [0.5, 0.6) is 0 Å². The van der Waals surface area contributed by atoms with E-state index in [2.05, 4.69) is 27.5 Å². The molecule has 0 bridgehead atoms. The Bertz CT molecular complexity index is 546. The number of carbonyl (C=O) groups excluding carboxylic acids is 2. The van der Waals surface area contributed by atoms with Gasteiger partial charge in [-0.2, -0.15) is 0 Å². The molecule has 0 radical (unpaired) electrons. The molecule has 0 spiro atoms. The summed E-state index contributed by atoms with van der Waals surface area (Å²) >= 11 is 0. The number of anilines is 2. The van der Waals surface area contributed by atoms with E-state index in [1.807, 2.05) is 6.92 Å². The number of nitrogens with zero attached hydrogens (tertiary/aromatic N) is 3. The summed E-state index contributed by atoms with van der Waals surface area (Å²) in [6.07, 6.45) is 3.18. The van der Waals surface area contributed by atoms with Gasteiger partial charge in [-0.3, -0.25) is 14.9 Å². The van der Waals surface area contributed by atoms with E-state index in [1.54, 1.807) is 11.8 Å². The Balaban J connectivity index is 2.37. The first-order valence-corrected chi connectivity index (χ1v) is 7.26. The van der Waals surface area contributed by atoms with Crippen LogP contribution in [0.1, 0.15) is 32.8 Å². The van der Waals surface area contributed by atoms with Crippen LogP contribution >= 0.6 is 0 Å². The Morgan fingerprint density at radius 1 is 1.38 bits per heavy atom. The SMILES string of the molecule is CCCNc1ncnc(N2CC(=O)NC(=O)C2C)c1CC. The van der Waals surface area contributed by atoms with Crippen molar-refractivity contribution in [2.75, 3.05) is 23.3 Å². The molecule has 1 fully saturated rings. The highest BCUT2D eigenvalue weighted by molar-refractivity contribution is 6.04. The van der Waals surface area contributed by atoms with E-state index in [9.17, 15) is 9.59 Å². The lowest BCUT2D eigenvalue weighted by atomic mass is 10.1. The topological polar surface area (TPSA) is 87.2 Å². The highest BCUT2D eigenvalue weighted by Gasteiger charge is 2.32. The summed E-state index contributed by atoms with van der Waals surface area (Å²) in [5, 5.41) is 5.60. The van der Waals surface area contributed by atoms with Crippen LogP contribution < -0.4 is 15.5 Å². The zero-order chi connectivity index (χ0) is 15.4. The molecule has 2 amide bonds. The van der Waals surface area contributed by atoms with Crippen LogP contribution in [-0.4, -0.2) is 40.9 Å². The van der Waals surface area contributed by atoms with Crippen LogP contribution in [0.3, 0.4) is 0 Å². The van der Waals surface area contributed by atoms with Gasteiger partial charge in [0.15, 0.2) is 0 Å². The van der Waals surface area contributed by atoms with Crippen molar-refractivity contribution >= 4 is 23.5 Å². The molecule has 1 atom stereocenters. The summed E-state index contributed by atoms with van der Waals surface area (Å²) in [4.78, 5) is 33.7. The maximum Gasteiger partial charge on any atom is 0.249 e. The third-order valence-corrected chi connectivity index (χ3v) is 3.51. The smallest absolute Gasteiger partial charge is 0.249 e. The van der Waals surface area contributed by atoms with Crippen LogP contribution in [-0.2, 0) is 16.0 Å². The van der Waals surface area contributed by atoms with Gasteiger partial charge in [0.25, 0.3) is 0 Å². The van der Waals surface area contributed by atoms with Crippen LogP contribution in [0.15, 0.2) is 6.33 Å². The van der Waals surface area contributed by atoms with Crippen molar-refractivity contribution in [3.05, 3.63) is 11.9 Å². The highest BCUT2D eigenvalue weighted by atomic mass is 16.2. The van der Waals surface area contributed by atoms with Crippen molar-refractivity contribution in [1.82, 2.24) is 15.3 Å². The predicted molar refractivity (Wildman–Crippen MR) is 80.1 cm³/mol. The van der Waals surface area contributed by atoms with E-state index in [0.717, 1.165) is 30.8 Å². The molecule has 0 aromatic carbocycles. The van der Waals surface area contributed by atoms with Crippen LogP contribution in [0.25, 0.3) is 0 Å². The van der Waals surface area contributed by atoms with Gasteiger partial charge in [-0.15, -0.1) is 0 Å². The largest absolute Gasteiger partial charge is 0.370 e. The second kappa shape index (κ2) is 6.51. The Morgan fingerprint density at radius 2 is 2.14 bits per heavy atom. The zero-order valence-electron chi connectivity index (χ0n) is 12.6. The average molecular weight is 291 g/mol. The molecule has 1 aromatic heterocycles. The summed E-state index contributed by atoms with van der Waals surface area (Å²) < 4.78 is 0. The van der Waals surface area contributed by atoms with Crippen molar-refractivity contribution in [2.45, 2.75) is 39.7 Å². The molecule has 1 aliphatic heterocycles. The Hall–Kier alpha value is -2.18. The fourth-order valence-electron chi connectivity index (χ4n) is 2.34. The van der Waals surface area contributed by atoms with Crippen molar-refractivity contribution in [3.63, 3.8) is 0 Å². The van der Waals surface area contributed by atoms with E-state index in [0.29, 0.717) is 5.82 Å². The molecule has 2 heterocycles. The first-order valence-electron chi connectivity index (χ1n) is 7.26. The van der Waals surface area contributed by atoms with Gasteiger partial charge in [0.05, 0.1) is 6.54 Å². The maximum atomic E-state index is 11.8. The molecular weight excluding hydrogens is 270 g/mol. The number of imide groups is 1. The number of carbonyl (C=O) groups is 2. The van der Waals surface area contributed by atoms with Gasteiger partial charge in [-0.1, -0.05) is 13.8 Å². The number of piperazine rings is 1. The third kappa shape index (κ3) is 3.12. The van der Waals surface area contributed by atoms with Crippen molar-refractivity contribution in [1.29, 1.82) is 0 Å². The summed E-state index contributed by atoms with van der Waals surface area (Å²) in [6, 6.07) is -0.429. The van der Waals surface area contributed by atoms with E-state index < -0.39 is 6.04 Å². The summed E-state index contributed by atoms with van der Waals surface area (Å²) in [5.74, 6) is 0.827. The van der Waals surface area contributed by atoms with Crippen LogP contribution in [0, 0.1) is 0 Å². The monoisotopic (exact) mass is 291 g/mol. The fraction of sp³-hybridized carbons (Fsp3) is 0.571. The molecule has 0 saturated carbocycles. The fourth-order valence-corrected chi connectivity index (χ4v) is 2.34. The lowest BCUT2D eigenvalue weighted by Crippen LogP contribution is -2.57. The quantitative estimate of drug-likeness (QED) is 0.777. The van der Waals surface area contributed by atoms with Gasteiger partial charge in [0.1, 0.15) is 24.0 Å². The Labute approximate surface area is 124 Å². The van der Waals surface area contributed by atoms with Crippen molar-refractivity contribution in [2.24, 2.45) is 0 Å². The summed E-state index contributed by atoms with van der Waals surface area (Å²) in [5.41, 5.74) is 0.931. The molecule has 2 N–H and O–H groups in total. The van der Waals surface area contributed by atoms with E-state index in [4.69, 9.17) is 0 Å². The third-order valence-electron chi connectivity index (χ3n) is 3.51. The van der Waals surface area contributed by atoms with E-state index >= 15 is 0 Å². The molecule has 2 rings (SSSR count). The molecule has 7 heteroatoms. The van der Waals surface area contributed by atoms with Crippen LogP contribution in [0.2, 0.25) is 0 Å². The zero-order valence-corrected chi connectivity index (χ0v) is 12.6. The van der Waals surface area contributed by atoms with Crippen LogP contribution in [0.4, 0.5) is 11.6 Å². The predicted octanol–water partition coefficient (Wildman–Crippen LogP) is 0.712. The van der Waals surface area contributed by atoms with Gasteiger partial charge in [0, 0.05) is 12.1 Å². The Kier molecular flexibility index (Phi) is 4.72. The average Bonchev–Trinajstić information content (AvgIpc) is 2.48. The molecule has 21 heavy (non-hydrogen) atoms. The molecule has 0 aliphatic carbocycles. The molecule has 7 nitrogen and oxygen atoms in total. The van der Waals surface area contributed by atoms with E-state index in [1.165, 1.54) is 6.33 Å². The second-order valence-corrected chi connectivity index (χ2v) is 5.02. The Morgan fingerprint density at radius 3 is 2.81 bits per heavy atom. The highest BCUT2D eigenvalue weighted by Crippen LogP contribution is 2.26. The molecular formula is C14H21N5O2. The molecule has 1 saturated heterocycles. The number of aromatic nitrogens is 2. The molecule has 1 aromatic rings. The van der Waals surface area contributed by atoms with Gasteiger partial charge in [-0.05, 0) is 19.8 Å². The second-order valence-electron chi connectivity index (χ2n) is 5.02. The van der Waals surface area contributed by atoms with Gasteiger partial charge < -0.3 is 10.2 Å². The van der Waals surface area contributed by atoms with E-state index in [-0.39, 0.29) is 18.4 Å². The summed E-state index contributed by atoms with van der Waals surface area (Å²) in [6.45, 7) is 6.80. The number of nitrogens with one attached hydrogen (secondary N) is 2. The molecule has 114 valence electrons. The normalized spacial score (nSPS) is 18.6. The minimum Gasteiger partial charge on any atom is -0.370 e. The van der Waals surface area contributed by atoms with Crippen molar-refractivity contribution in [3.8, 4) is 0 Å². The standard InChI is InChI=1S/C14H21N5O2/c1-4-6-15-12-10(5-2)13(17-8-16-12)19-7-11(20)18-14(21)9(19)3/h8-9H,4-7H2,1-3H3,(H,15,16,17)(H,18,20,21). The number of rotatable bonds is 5. The lowest BCUT2D eigenvalue weighted by Gasteiger charge is -2.34. The summed E-state index contributed by atoms with van der Waals surface area (Å²) in [7, 11) is 0. The van der Waals surface area contributed by atoms with Crippen molar-refractivity contribution < 1.29 is 9.59 Å². The number of amides is 2. The molecule has 1 unspecified atom stereocenters. The van der Waals surface area contributed by atoms with Gasteiger partial charge >= 0.3 is 0 Å². The maximum absolute atomic E-state index is 11.8. The molecule has 1 aliphatic rings. The van der Waals surface area contributed by atoms with Gasteiger partial charge in [-0.25, -0.2) is 9.97 Å². The minimum atomic E-state index is -0.429. The number of hydrogen-bond acceptors (Lipinski definition) is 6. The minimum absolute atomic E-state index is 0.129. The first-order chi connectivity index (χ1) is 10.1. The first kappa shape index (κ1) is 15.2.